The van der Waals surface area contributed by atoms with Crippen molar-refractivity contribution in [1.29, 1.82) is 0 Å². The second-order valence-corrected chi connectivity index (χ2v) is 5.22. The number of fused-ring (bicyclic) bond motifs is 1. The maximum atomic E-state index is 6.01. The maximum Gasteiger partial charge on any atom is 0.134 e. The highest BCUT2D eigenvalue weighted by atomic mass is 16.3. The molecule has 108 valence electrons. The van der Waals surface area contributed by atoms with E-state index in [-0.39, 0.29) is 6.04 Å². The molecule has 3 aromatic rings. The molecule has 0 aliphatic carbocycles. The normalized spacial score (nSPS) is 12.9. The molecule has 0 aliphatic rings. The molecule has 1 atom stereocenters. The van der Waals surface area contributed by atoms with E-state index in [2.05, 4.69) is 29.1 Å². The molecule has 0 fully saturated rings. The second-order valence-electron chi connectivity index (χ2n) is 5.22. The van der Waals surface area contributed by atoms with Crippen LogP contribution in [0.4, 0.5) is 0 Å². The first-order chi connectivity index (χ1) is 10.3. The Balaban J connectivity index is 1.87. The van der Waals surface area contributed by atoms with E-state index in [1.165, 1.54) is 5.56 Å². The molecular weight excluding hydrogens is 262 g/mol. The fourth-order valence-electron chi connectivity index (χ4n) is 2.69. The van der Waals surface area contributed by atoms with Crippen LogP contribution in [0, 0.1) is 0 Å². The molecule has 2 aromatic heterocycles. The van der Waals surface area contributed by atoms with E-state index in [0.29, 0.717) is 6.54 Å². The van der Waals surface area contributed by atoms with E-state index in [1.54, 1.807) is 6.20 Å². The van der Waals surface area contributed by atoms with Gasteiger partial charge in [0, 0.05) is 36.4 Å². The molecule has 0 amide bonds. The quantitative estimate of drug-likeness (QED) is 0.781. The van der Waals surface area contributed by atoms with E-state index in [1.807, 2.05) is 36.7 Å². The number of nitrogens with zero attached hydrogens (tertiary/aromatic N) is 2. The minimum Gasteiger partial charge on any atom is -0.464 e. The first-order valence-corrected chi connectivity index (χ1v) is 7.05. The van der Waals surface area contributed by atoms with Gasteiger partial charge in [-0.15, -0.1) is 0 Å². The van der Waals surface area contributed by atoms with Crippen molar-refractivity contribution in [2.75, 3.05) is 13.6 Å². The van der Waals surface area contributed by atoms with Crippen molar-refractivity contribution < 1.29 is 4.42 Å². The maximum absolute atomic E-state index is 6.01. The number of benzene rings is 1. The lowest BCUT2D eigenvalue weighted by Crippen LogP contribution is -2.30. The summed E-state index contributed by atoms with van der Waals surface area (Å²) in [6, 6.07) is 12.2. The van der Waals surface area contributed by atoms with Gasteiger partial charge in [-0.25, -0.2) is 0 Å². The average Bonchev–Trinajstić information content (AvgIpc) is 2.93. The molecular formula is C17H19N3O. The summed E-state index contributed by atoms with van der Waals surface area (Å²) < 4.78 is 5.64. The van der Waals surface area contributed by atoms with Gasteiger partial charge < -0.3 is 10.2 Å². The van der Waals surface area contributed by atoms with Crippen molar-refractivity contribution in [3.05, 3.63) is 66.2 Å². The van der Waals surface area contributed by atoms with Gasteiger partial charge in [-0.1, -0.05) is 24.3 Å². The van der Waals surface area contributed by atoms with Crippen molar-refractivity contribution in [3.8, 4) is 0 Å². The Kier molecular flexibility index (Phi) is 3.99. The Hall–Kier alpha value is -2.17. The summed E-state index contributed by atoms with van der Waals surface area (Å²) in [6.45, 7) is 1.34. The minimum absolute atomic E-state index is 0.119. The van der Waals surface area contributed by atoms with Crippen LogP contribution >= 0.6 is 0 Å². The van der Waals surface area contributed by atoms with Crippen LogP contribution in [0.5, 0.6) is 0 Å². The van der Waals surface area contributed by atoms with E-state index in [0.717, 1.165) is 23.1 Å². The molecule has 3 rings (SSSR count). The number of rotatable bonds is 5. The lowest BCUT2D eigenvalue weighted by molar-refractivity contribution is 0.241. The monoisotopic (exact) mass is 281 g/mol. The van der Waals surface area contributed by atoms with Crippen LogP contribution in [0.2, 0.25) is 0 Å². The smallest absolute Gasteiger partial charge is 0.134 e. The summed E-state index contributed by atoms with van der Waals surface area (Å²) in [6.07, 6.45) is 5.49. The molecule has 21 heavy (non-hydrogen) atoms. The number of furan rings is 1. The Morgan fingerprint density at radius 1 is 1.24 bits per heavy atom. The molecule has 1 aromatic carbocycles. The fourth-order valence-corrected chi connectivity index (χ4v) is 2.69. The molecule has 4 heteroatoms. The van der Waals surface area contributed by atoms with Crippen LogP contribution < -0.4 is 5.73 Å². The average molecular weight is 281 g/mol. The summed E-state index contributed by atoms with van der Waals surface area (Å²) in [4.78, 5) is 6.39. The van der Waals surface area contributed by atoms with Crippen LogP contribution in [0.3, 0.4) is 0 Å². The van der Waals surface area contributed by atoms with Gasteiger partial charge in [-0.05, 0) is 24.7 Å². The highest BCUT2D eigenvalue weighted by molar-refractivity contribution is 5.81. The van der Waals surface area contributed by atoms with Crippen LogP contribution in [0.15, 0.2) is 59.5 Å². The standard InChI is InChI=1S/C17H19N3O/c1-20(11-13-5-4-8-19-10-13)16(9-18)15-12-21-17-7-3-2-6-14(15)17/h2-8,10,12,16H,9,11,18H2,1H3. The van der Waals surface area contributed by atoms with Crippen LogP contribution in [-0.4, -0.2) is 23.5 Å². The third-order valence-corrected chi connectivity index (χ3v) is 3.78. The number of nitrogens with two attached hydrogens (primary N) is 1. The number of hydrogen-bond acceptors (Lipinski definition) is 4. The molecule has 0 aliphatic heterocycles. The zero-order chi connectivity index (χ0) is 14.7. The number of likely N-dealkylation sites (N-methyl/N-ethyl adjacent to an activating group) is 1. The van der Waals surface area contributed by atoms with Gasteiger partial charge in [0.25, 0.3) is 0 Å². The summed E-state index contributed by atoms with van der Waals surface area (Å²) in [5.41, 5.74) is 9.22. The Morgan fingerprint density at radius 3 is 2.86 bits per heavy atom. The molecule has 0 radical (unpaired) electrons. The van der Waals surface area contributed by atoms with Gasteiger partial charge in [0.1, 0.15) is 5.58 Å². The van der Waals surface area contributed by atoms with E-state index in [9.17, 15) is 0 Å². The van der Waals surface area contributed by atoms with E-state index < -0.39 is 0 Å². The van der Waals surface area contributed by atoms with Gasteiger partial charge in [0.05, 0.1) is 12.3 Å². The predicted octanol–water partition coefficient (Wildman–Crippen LogP) is 2.96. The minimum atomic E-state index is 0.119. The summed E-state index contributed by atoms with van der Waals surface area (Å²) in [5.74, 6) is 0. The lowest BCUT2D eigenvalue weighted by atomic mass is 10.0. The van der Waals surface area contributed by atoms with E-state index >= 15 is 0 Å². The zero-order valence-corrected chi connectivity index (χ0v) is 12.1. The first kappa shape index (κ1) is 13.8. The number of aromatic nitrogens is 1. The van der Waals surface area contributed by atoms with Crippen LogP contribution in [-0.2, 0) is 6.54 Å². The lowest BCUT2D eigenvalue weighted by Gasteiger charge is -2.26. The highest BCUT2D eigenvalue weighted by Gasteiger charge is 2.20. The van der Waals surface area contributed by atoms with Gasteiger partial charge in [0.2, 0.25) is 0 Å². The Labute approximate surface area is 124 Å². The third kappa shape index (κ3) is 2.82. The SMILES string of the molecule is CN(Cc1cccnc1)C(CN)c1coc2ccccc12. The summed E-state index contributed by atoms with van der Waals surface area (Å²) in [7, 11) is 2.08. The Bertz CT molecular complexity index is 708. The molecule has 0 saturated heterocycles. The van der Waals surface area contributed by atoms with Crippen molar-refractivity contribution in [2.24, 2.45) is 5.73 Å². The number of pyridine rings is 1. The molecule has 0 spiro atoms. The van der Waals surface area contributed by atoms with Gasteiger partial charge >= 0.3 is 0 Å². The topological polar surface area (TPSA) is 55.3 Å². The fraction of sp³-hybridized carbons (Fsp3) is 0.235. The van der Waals surface area contributed by atoms with Gasteiger partial charge in [-0.2, -0.15) is 0 Å². The molecule has 0 bridgehead atoms. The van der Waals surface area contributed by atoms with Crippen molar-refractivity contribution in [3.63, 3.8) is 0 Å². The third-order valence-electron chi connectivity index (χ3n) is 3.78. The van der Waals surface area contributed by atoms with Gasteiger partial charge in [-0.3, -0.25) is 9.88 Å². The van der Waals surface area contributed by atoms with Crippen LogP contribution in [0.25, 0.3) is 11.0 Å². The Morgan fingerprint density at radius 2 is 2.10 bits per heavy atom. The second kappa shape index (κ2) is 6.08. The van der Waals surface area contributed by atoms with Crippen molar-refractivity contribution in [2.45, 2.75) is 12.6 Å². The summed E-state index contributed by atoms with van der Waals surface area (Å²) >= 11 is 0. The zero-order valence-electron chi connectivity index (χ0n) is 12.1. The van der Waals surface area contributed by atoms with Crippen LogP contribution in [0.1, 0.15) is 17.2 Å². The first-order valence-electron chi connectivity index (χ1n) is 7.05. The molecule has 2 heterocycles. The largest absolute Gasteiger partial charge is 0.464 e. The van der Waals surface area contributed by atoms with Crippen molar-refractivity contribution in [1.82, 2.24) is 9.88 Å². The molecule has 2 N–H and O–H groups in total. The highest BCUT2D eigenvalue weighted by Crippen LogP contribution is 2.29. The number of hydrogen-bond donors (Lipinski definition) is 1. The van der Waals surface area contributed by atoms with Crippen molar-refractivity contribution >= 4 is 11.0 Å². The summed E-state index contributed by atoms with van der Waals surface area (Å²) in [5, 5.41) is 1.13. The molecule has 0 saturated carbocycles. The molecule has 4 nitrogen and oxygen atoms in total. The molecule has 1 unspecified atom stereocenters. The van der Waals surface area contributed by atoms with Gasteiger partial charge in [0.15, 0.2) is 0 Å². The van der Waals surface area contributed by atoms with E-state index in [4.69, 9.17) is 10.2 Å². The number of para-hydroxylation sites is 1. The predicted molar refractivity (Wildman–Crippen MR) is 83.7 cm³/mol.